The zero-order chi connectivity index (χ0) is 15.5. The van der Waals surface area contributed by atoms with Crippen LogP contribution in [0.4, 0.5) is 4.39 Å². The average Bonchev–Trinajstić information content (AvgIpc) is 3.14. The molecule has 3 rings (SSSR count). The Balaban J connectivity index is 1.92. The molecule has 1 N–H and O–H groups in total. The Labute approximate surface area is 131 Å². The topological polar surface area (TPSA) is 33.1 Å². The SMILES string of the molecule is CN(C)CCn1cc(-c2cccc(F)c2)nc1[C@@H]1CCCN1. The molecule has 0 amide bonds. The summed E-state index contributed by atoms with van der Waals surface area (Å²) in [6.45, 7) is 2.89. The summed E-state index contributed by atoms with van der Waals surface area (Å²) in [5.74, 6) is 0.847. The second-order valence-corrected chi connectivity index (χ2v) is 6.14. The molecule has 0 spiro atoms. The van der Waals surface area contributed by atoms with Crippen LogP contribution >= 0.6 is 0 Å². The Morgan fingerprint density at radius 3 is 2.95 bits per heavy atom. The summed E-state index contributed by atoms with van der Waals surface area (Å²) in [5, 5.41) is 3.51. The van der Waals surface area contributed by atoms with Gasteiger partial charge < -0.3 is 14.8 Å². The van der Waals surface area contributed by atoms with E-state index in [4.69, 9.17) is 4.98 Å². The van der Waals surface area contributed by atoms with Crippen LogP contribution in [-0.2, 0) is 6.54 Å². The van der Waals surface area contributed by atoms with Crippen molar-refractivity contribution in [1.82, 2.24) is 19.8 Å². The smallest absolute Gasteiger partial charge is 0.126 e. The molecule has 0 radical (unpaired) electrons. The number of nitrogens with one attached hydrogen (secondary N) is 1. The number of rotatable bonds is 5. The third-order valence-electron chi connectivity index (χ3n) is 4.09. The van der Waals surface area contributed by atoms with Gasteiger partial charge in [-0.3, -0.25) is 0 Å². The molecule has 2 heterocycles. The molecule has 1 fully saturated rings. The monoisotopic (exact) mass is 302 g/mol. The van der Waals surface area contributed by atoms with Crippen molar-refractivity contribution in [2.45, 2.75) is 25.4 Å². The van der Waals surface area contributed by atoms with Gasteiger partial charge in [0.15, 0.2) is 0 Å². The summed E-state index contributed by atoms with van der Waals surface area (Å²) in [4.78, 5) is 6.96. The van der Waals surface area contributed by atoms with Crippen LogP contribution in [0.25, 0.3) is 11.3 Å². The molecule has 0 aliphatic carbocycles. The van der Waals surface area contributed by atoms with E-state index < -0.39 is 0 Å². The van der Waals surface area contributed by atoms with E-state index in [0.717, 1.165) is 43.1 Å². The van der Waals surface area contributed by atoms with Crippen molar-refractivity contribution in [2.75, 3.05) is 27.2 Å². The minimum atomic E-state index is -0.221. The van der Waals surface area contributed by atoms with Crippen LogP contribution < -0.4 is 5.32 Å². The van der Waals surface area contributed by atoms with Crippen molar-refractivity contribution < 1.29 is 4.39 Å². The van der Waals surface area contributed by atoms with E-state index in [1.165, 1.54) is 12.5 Å². The maximum absolute atomic E-state index is 13.5. The molecule has 1 atom stereocenters. The minimum absolute atomic E-state index is 0.221. The van der Waals surface area contributed by atoms with E-state index in [9.17, 15) is 4.39 Å². The third-order valence-corrected chi connectivity index (χ3v) is 4.09. The van der Waals surface area contributed by atoms with Gasteiger partial charge in [0.25, 0.3) is 0 Å². The van der Waals surface area contributed by atoms with Crippen LogP contribution in [0, 0.1) is 5.82 Å². The van der Waals surface area contributed by atoms with Gasteiger partial charge in [-0.05, 0) is 45.6 Å². The van der Waals surface area contributed by atoms with Crippen LogP contribution in [0.2, 0.25) is 0 Å². The Bertz CT molecular complexity index is 629. The lowest BCUT2D eigenvalue weighted by atomic mass is 10.2. The van der Waals surface area contributed by atoms with E-state index in [1.54, 1.807) is 12.1 Å². The highest BCUT2D eigenvalue weighted by Crippen LogP contribution is 2.26. The molecule has 0 saturated carbocycles. The first-order valence-corrected chi connectivity index (χ1v) is 7.84. The number of imidazole rings is 1. The Morgan fingerprint density at radius 2 is 2.27 bits per heavy atom. The van der Waals surface area contributed by atoms with Gasteiger partial charge in [-0.15, -0.1) is 0 Å². The Hall–Kier alpha value is -1.72. The number of hydrogen-bond donors (Lipinski definition) is 1. The summed E-state index contributed by atoms with van der Waals surface area (Å²) < 4.78 is 15.7. The normalized spacial score (nSPS) is 18.3. The predicted octanol–water partition coefficient (Wildman–Crippen LogP) is 2.68. The molecule has 1 saturated heterocycles. The highest BCUT2D eigenvalue weighted by Gasteiger charge is 2.22. The molecule has 22 heavy (non-hydrogen) atoms. The lowest BCUT2D eigenvalue weighted by Crippen LogP contribution is -2.22. The lowest BCUT2D eigenvalue weighted by molar-refractivity contribution is 0.376. The minimum Gasteiger partial charge on any atom is -0.332 e. The van der Waals surface area contributed by atoms with E-state index in [1.807, 2.05) is 12.3 Å². The van der Waals surface area contributed by atoms with Gasteiger partial charge in [0, 0.05) is 24.8 Å². The number of benzene rings is 1. The van der Waals surface area contributed by atoms with Crippen LogP contribution in [0.1, 0.15) is 24.7 Å². The molecule has 1 aromatic carbocycles. The molecule has 5 heteroatoms. The highest BCUT2D eigenvalue weighted by molar-refractivity contribution is 5.58. The van der Waals surface area contributed by atoms with Crippen LogP contribution in [0.15, 0.2) is 30.5 Å². The second-order valence-electron chi connectivity index (χ2n) is 6.14. The molecule has 0 bridgehead atoms. The zero-order valence-electron chi connectivity index (χ0n) is 13.2. The number of likely N-dealkylation sites (N-methyl/N-ethyl adjacent to an activating group) is 1. The second kappa shape index (κ2) is 6.58. The summed E-state index contributed by atoms with van der Waals surface area (Å²) >= 11 is 0. The summed E-state index contributed by atoms with van der Waals surface area (Å²) in [6.07, 6.45) is 4.34. The fraction of sp³-hybridized carbons (Fsp3) is 0.471. The van der Waals surface area contributed by atoms with Crippen LogP contribution in [0.3, 0.4) is 0 Å². The molecule has 1 aliphatic heterocycles. The fourth-order valence-electron chi connectivity index (χ4n) is 2.89. The summed E-state index contributed by atoms with van der Waals surface area (Å²) in [5.41, 5.74) is 1.69. The van der Waals surface area contributed by atoms with Gasteiger partial charge in [0.1, 0.15) is 11.6 Å². The van der Waals surface area contributed by atoms with Crippen molar-refractivity contribution in [1.29, 1.82) is 0 Å². The molecule has 0 unspecified atom stereocenters. The van der Waals surface area contributed by atoms with Crippen molar-refractivity contribution in [3.05, 3.63) is 42.1 Å². The van der Waals surface area contributed by atoms with Crippen LogP contribution in [0.5, 0.6) is 0 Å². The number of halogens is 1. The molecule has 2 aromatic rings. The highest BCUT2D eigenvalue weighted by atomic mass is 19.1. The van der Waals surface area contributed by atoms with Gasteiger partial charge in [-0.25, -0.2) is 9.37 Å². The van der Waals surface area contributed by atoms with Gasteiger partial charge in [0.05, 0.1) is 11.7 Å². The summed E-state index contributed by atoms with van der Waals surface area (Å²) in [7, 11) is 4.13. The predicted molar refractivity (Wildman–Crippen MR) is 86.2 cm³/mol. The maximum atomic E-state index is 13.5. The van der Waals surface area contributed by atoms with Crippen molar-refractivity contribution in [3.63, 3.8) is 0 Å². The van der Waals surface area contributed by atoms with E-state index in [0.29, 0.717) is 6.04 Å². The van der Waals surface area contributed by atoms with Gasteiger partial charge in [-0.2, -0.15) is 0 Å². The standard InChI is InChI=1S/C17H23FN4/c1-21(2)9-10-22-12-16(13-5-3-6-14(18)11-13)20-17(22)15-7-4-8-19-15/h3,5-6,11-12,15,19H,4,7-10H2,1-2H3/t15-/m0/s1. The Morgan fingerprint density at radius 1 is 1.41 bits per heavy atom. The molecule has 4 nitrogen and oxygen atoms in total. The average molecular weight is 302 g/mol. The maximum Gasteiger partial charge on any atom is 0.126 e. The van der Waals surface area contributed by atoms with Crippen LogP contribution in [-0.4, -0.2) is 41.6 Å². The van der Waals surface area contributed by atoms with E-state index >= 15 is 0 Å². The van der Waals surface area contributed by atoms with Crippen molar-refractivity contribution >= 4 is 0 Å². The third kappa shape index (κ3) is 3.36. The molecule has 1 aromatic heterocycles. The first-order valence-electron chi connectivity index (χ1n) is 7.84. The summed E-state index contributed by atoms with van der Waals surface area (Å²) in [6, 6.07) is 6.96. The zero-order valence-corrected chi connectivity index (χ0v) is 13.2. The Kier molecular flexibility index (Phi) is 4.55. The molecular weight excluding hydrogens is 279 g/mol. The van der Waals surface area contributed by atoms with E-state index in [2.05, 4.69) is 28.9 Å². The fourth-order valence-corrected chi connectivity index (χ4v) is 2.89. The number of nitrogens with zero attached hydrogens (tertiary/aromatic N) is 3. The van der Waals surface area contributed by atoms with Gasteiger partial charge in [-0.1, -0.05) is 12.1 Å². The van der Waals surface area contributed by atoms with Crippen molar-refractivity contribution in [2.24, 2.45) is 0 Å². The van der Waals surface area contributed by atoms with Gasteiger partial charge in [0.2, 0.25) is 0 Å². The van der Waals surface area contributed by atoms with Crippen molar-refractivity contribution in [3.8, 4) is 11.3 Å². The van der Waals surface area contributed by atoms with E-state index in [-0.39, 0.29) is 5.82 Å². The first-order chi connectivity index (χ1) is 10.6. The first kappa shape index (κ1) is 15.2. The van der Waals surface area contributed by atoms with Gasteiger partial charge >= 0.3 is 0 Å². The molecule has 118 valence electrons. The number of aromatic nitrogens is 2. The lowest BCUT2D eigenvalue weighted by Gasteiger charge is -2.15. The molecule has 1 aliphatic rings. The number of hydrogen-bond acceptors (Lipinski definition) is 3. The quantitative estimate of drug-likeness (QED) is 0.922. The molecular formula is C17H23FN4. The largest absolute Gasteiger partial charge is 0.332 e.